The summed E-state index contributed by atoms with van der Waals surface area (Å²) < 4.78 is 2.21. The van der Waals surface area contributed by atoms with E-state index in [-0.39, 0.29) is 0 Å². The molecular weight excluding hydrogens is 250 g/mol. The lowest BCUT2D eigenvalue weighted by Crippen LogP contribution is -2.04. The maximum Gasteiger partial charge on any atom is 0.145 e. The van der Waals surface area contributed by atoms with Crippen molar-refractivity contribution in [2.24, 2.45) is 0 Å². The summed E-state index contributed by atoms with van der Waals surface area (Å²) in [5.41, 5.74) is 10.5. The van der Waals surface area contributed by atoms with Crippen molar-refractivity contribution in [3.05, 3.63) is 47.7 Å². The SMILES string of the molecule is Cc1c(C)n(CCc2ccncc2)c2ncnc(N)c12. The van der Waals surface area contributed by atoms with Crippen LogP contribution < -0.4 is 5.73 Å². The summed E-state index contributed by atoms with van der Waals surface area (Å²) in [4.78, 5) is 12.5. The van der Waals surface area contributed by atoms with Crippen molar-refractivity contribution >= 4 is 16.9 Å². The minimum absolute atomic E-state index is 0.554. The third-order valence-electron chi connectivity index (χ3n) is 3.81. The van der Waals surface area contributed by atoms with Gasteiger partial charge in [-0.1, -0.05) is 0 Å². The number of nitrogen functional groups attached to an aromatic ring is 1. The van der Waals surface area contributed by atoms with Gasteiger partial charge in [-0.2, -0.15) is 0 Å². The smallest absolute Gasteiger partial charge is 0.145 e. The second-order valence-electron chi connectivity index (χ2n) is 4.93. The molecule has 0 amide bonds. The Kier molecular flexibility index (Phi) is 3.10. The van der Waals surface area contributed by atoms with Crippen LogP contribution in [0.15, 0.2) is 30.9 Å². The number of hydrogen-bond acceptors (Lipinski definition) is 4. The molecule has 3 heterocycles. The fourth-order valence-corrected chi connectivity index (χ4v) is 2.56. The van der Waals surface area contributed by atoms with Gasteiger partial charge in [-0.15, -0.1) is 0 Å². The van der Waals surface area contributed by atoms with Crippen molar-refractivity contribution in [1.82, 2.24) is 19.5 Å². The van der Waals surface area contributed by atoms with Gasteiger partial charge in [0, 0.05) is 24.6 Å². The zero-order chi connectivity index (χ0) is 14.1. The van der Waals surface area contributed by atoms with Crippen LogP contribution in [0.1, 0.15) is 16.8 Å². The molecule has 20 heavy (non-hydrogen) atoms. The molecule has 0 atom stereocenters. The predicted octanol–water partition coefficient (Wildman–Crippen LogP) is 2.27. The first kappa shape index (κ1) is 12.6. The van der Waals surface area contributed by atoms with Crippen LogP contribution in [0.5, 0.6) is 0 Å². The van der Waals surface area contributed by atoms with Gasteiger partial charge in [-0.25, -0.2) is 9.97 Å². The van der Waals surface area contributed by atoms with E-state index in [1.54, 1.807) is 0 Å². The summed E-state index contributed by atoms with van der Waals surface area (Å²) in [5, 5.41) is 0.972. The first-order valence-corrected chi connectivity index (χ1v) is 6.63. The van der Waals surface area contributed by atoms with E-state index in [2.05, 4.69) is 33.4 Å². The number of aryl methyl sites for hydroxylation is 3. The molecular formula is C15H17N5. The number of fused-ring (bicyclic) bond motifs is 1. The average molecular weight is 267 g/mol. The fraction of sp³-hybridized carbons (Fsp3) is 0.267. The molecule has 0 unspecified atom stereocenters. The van der Waals surface area contributed by atoms with Crippen LogP contribution >= 0.6 is 0 Å². The molecule has 0 radical (unpaired) electrons. The molecule has 5 heteroatoms. The number of aromatic nitrogens is 4. The topological polar surface area (TPSA) is 69.6 Å². The summed E-state index contributed by atoms with van der Waals surface area (Å²) in [5.74, 6) is 0.554. The Hall–Kier alpha value is -2.43. The van der Waals surface area contributed by atoms with Gasteiger partial charge in [0.1, 0.15) is 17.8 Å². The first-order chi connectivity index (χ1) is 9.68. The molecule has 0 aliphatic carbocycles. The van der Waals surface area contributed by atoms with Crippen molar-refractivity contribution in [2.75, 3.05) is 5.73 Å². The number of hydrogen-bond donors (Lipinski definition) is 1. The Labute approximate surface area is 117 Å². The lowest BCUT2D eigenvalue weighted by atomic mass is 10.2. The van der Waals surface area contributed by atoms with Gasteiger partial charge in [-0.3, -0.25) is 4.98 Å². The number of pyridine rings is 1. The molecule has 5 nitrogen and oxygen atoms in total. The van der Waals surface area contributed by atoms with E-state index in [9.17, 15) is 0 Å². The summed E-state index contributed by atoms with van der Waals surface area (Å²) in [6.45, 7) is 5.04. The Morgan fingerprint density at radius 2 is 1.90 bits per heavy atom. The molecule has 0 aliphatic rings. The van der Waals surface area contributed by atoms with Gasteiger partial charge in [-0.05, 0) is 43.5 Å². The van der Waals surface area contributed by atoms with E-state index < -0.39 is 0 Å². The van der Waals surface area contributed by atoms with Crippen LogP contribution in [-0.2, 0) is 13.0 Å². The largest absolute Gasteiger partial charge is 0.383 e. The van der Waals surface area contributed by atoms with Crippen LogP contribution in [0, 0.1) is 13.8 Å². The van der Waals surface area contributed by atoms with Crippen LogP contribution in [0.25, 0.3) is 11.0 Å². The molecule has 102 valence electrons. The first-order valence-electron chi connectivity index (χ1n) is 6.63. The van der Waals surface area contributed by atoms with E-state index >= 15 is 0 Å². The van der Waals surface area contributed by atoms with Crippen LogP contribution in [0.4, 0.5) is 5.82 Å². The van der Waals surface area contributed by atoms with Gasteiger partial charge < -0.3 is 10.3 Å². The van der Waals surface area contributed by atoms with Gasteiger partial charge in [0.2, 0.25) is 0 Å². The minimum Gasteiger partial charge on any atom is -0.383 e. The number of nitrogens with zero attached hydrogens (tertiary/aromatic N) is 4. The minimum atomic E-state index is 0.554. The number of anilines is 1. The molecule has 0 bridgehead atoms. The highest BCUT2D eigenvalue weighted by Gasteiger charge is 2.14. The molecule has 3 rings (SSSR count). The van der Waals surface area contributed by atoms with Crippen LogP contribution in [0.2, 0.25) is 0 Å². The molecule has 0 aromatic carbocycles. The molecule has 0 saturated heterocycles. The van der Waals surface area contributed by atoms with E-state index in [0.29, 0.717) is 5.82 Å². The van der Waals surface area contributed by atoms with Crippen molar-refractivity contribution in [1.29, 1.82) is 0 Å². The standard InChI is InChI=1S/C15H17N5/c1-10-11(2)20(8-5-12-3-6-17-7-4-12)15-13(10)14(16)18-9-19-15/h3-4,6-7,9H,5,8H2,1-2H3,(H2,16,18,19). The van der Waals surface area contributed by atoms with Crippen molar-refractivity contribution in [3.8, 4) is 0 Å². The molecule has 3 aromatic heterocycles. The maximum absolute atomic E-state index is 5.97. The van der Waals surface area contributed by atoms with Crippen molar-refractivity contribution in [2.45, 2.75) is 26.8 Å². The Morgan fingerprint density at radius 1 is 1.15 bits per heavy atom. The van der Waals surface area contributed by atoms with Gasteiger partial charge >= 0.3 is 0 Å². The third kappa shape index (κ3) is 2.01. The lowest BCUT2D eigenvalue weighted by molar-refractivity contribution is 0.694. The average Bonchev–Trinajstić information content (AvgIpc) is 2.71. The predicted molar refractivity (Wildman–Crippen MR) is 79.4 cm³/mol. The molecule has 2 N–H and O–H groups in total. The Bertz CT molecular complexity index is 746. The summed E-state index contributed by atoms with van der Waals surface area (Å²) in [6, 6.07) is 4.08. The zero-order valence-corrected chi connectivity index (χ0v) is 11.7. The summed E-state index contributed by atoms with van der Waals surface area (Å²) in [6.07, 6.45) is 6.11. The number of rotatable bonds is 3. The summed E-state index contributed by atoms with van der Waals surface area (Å²) in [7, 11) is 0. The highest BCUT2D eigenvalue weighted by atomic mass is 15.1. The van der Waals surface area contributed by atoms with E-state index in [1.807, 2.05) is 24.5 Å². The fourth-order valence-electron chi connectivity index (χ4n) is 2.56. The van der Waals surface area contributed by atoms with E-state index in [4.69, 9.17) is 5.73 Å². The second kappa shape index (κ2) is 4.92. The van der Waals surface area contributed by atoms with Crippen LogP contribution in [0.3, 0.4) is 0 Å². The van der Waals surface area contributed by atoms with E-state index in [0.717, 1.165) is 29.6 Å². The normalized spacial score (nSPS) is 11.1. The van der Waals surface area contributed by atoms with Gasteiger partial charge in [0.05, 0.1) is 5.39 Å². The molecule has 0 aliphatic heterocycles. The molecule has 0 fully saturated rings. The van der Waals surface area contributed by atoms with E-state index in [1.165, 1.54) is 17.6 Å². The quantitative estimate of drug-likeness (QED) is 0.790. The maximum atomic E-state index is 5.97. The van der Waals surface area contributed by atoms with Crippen molar-refractivity contribution in [3.63, 3.8) is 0 Å². The summed E-state index contributed by atoms with van der Waals surface area (Å²) >= 11 is 0. The Morgan fingerprint density at radius 3 is 2.65 bits per heavy atom. The molecule has 0 spiro atoms. The highest BCUT2D eigenvalue weighted by Crippen LogP contribution is 2.27. The van der Waals surface area contributed by atoms with Crippen LogP contribution in [-0.4, -0.2) is 19.5 Å². The second-order valence-corrected chi connectivity index (χ2v) is 4.93. The Balaban J connectivity index is 2.00. The van der Waals surface area contributed by atoms with Gasteiger partial charge in [0.25, 0.3) is 0 Å². The molecule has 0 saturated carbocycles. The monoisotopic (exact) mass is 267 g/mol. The van der Waals surface area contributed by atoms with Crippen molar-refractivity contribution < 1.29 is 0 Å². The lowest BCUT2D eigenvalue weighted by Gasteiger charge is -2.07. The van der Waals surface area contributed by atoms with Gasteiger partial charge in [0.15, 0.2) is 0 Å². The number of nitrogens with two attached hydrogens (primary N) is 1. The third-order valence-corrected chi connectivity index (χ3v) is 3.81. The highest BCUT2D eigenvalue weighted by molar-refractivity contribution is 5.90. The zero-order valence-electron chi connectivity index (χ0n) is 11.7. The molecule has 3 aromatic rings.